The summed E-state index contributed by atoms with van der Waals surface area (Å²) in [4.78, 5) is 24.4. The maximum atomic E-state index is 12.6. The van der Waals surface area contributed by atoms with Gasteiger partial charge in [-0.05, 0) is 123 Å². The standard InChI is InChI=1S/C33H41BrN4O2/c1-21-16-23(25-10-7-15-38(19-25)20-32(2,3)40)12-13-27(21)36-31-35-18-26(34)28(37-31)14-11-22-8-6-9-24-17-29(39)33(4,5)30(22)24/h6,8-9,12-13,16,18,25,40H,7,10-11,14-15,17,19-20H2,1-5H3,(H,35,36,37)/t25-/m0/s1. The lowest BCUT2D eigenvalue weighted by molar-refractivity contribution is -0.121. The zero-order chi connectivity index (χ0) is 28.7. The van der Waals surface area contributed by atoms with Crippen molar-refractivity contribution in [1.82, 2.24) is 14.9 Å². The van der Waals surface area contributed by atoms with Crippen molar-refractivity contribution in [1.29, 1.82) is 0 Å². The normalized spacial score (nSPS) is 19.1. The number of nitrogens with zero attached hydrogens (tertiary/aromatic N) is 3. The highest BCUT2D eigenvalue weighted by Crippen LogP contribution is 2.38. The molecule has 2 aliphatic rings. The summed E-state index contributed by atoms with van der Waals surface area (Å²) in [5.41, 5.74) is 6.93. The average Bonchev–Trinajstić information content (AvgIpc) is 3.13. The quantitative estimate of drug-likeness (QED) is 0.308. The molecule has 5 rings (SSSR count). The largest absolute Gasteiger partial charge is 0.389 e. The zero-order valence-corrected chi connectivity index (χ0v) is 25.9. The molecule has 40 heavy (non-hydrogen) atoms. The summed E-state index contributed by atoms with van der Waals surface area (Å²) >= 11 is 3.65. The molecule has 2 heterocycles. The number of rotatable bonds is 8. The van der Waals surface area contributed by atoms with E-state index in [0.717, 1.165) is 59.3 Å². The number of ketones is 1. The van der Waals surface area contributed by atoms with Gasteiger partial charge in [0.25, 0.3) is 0 Å². The lowest BCUT2D eigenvalue weighted by atomic mass is 9.82. The Labute approximate surface area is 246 Å². The smallest absolute Gasteiger partial charge is 0.227 e. The molecule has 212 valence electrons. The molecule has 2 aromatic carbocycles. The van der Waals surface area contributed by atoms with E-state index in [9.17, 15) is 9.90 Å². The Hall–Kier alpha value is -2.61. The third-order valence-corrected chi connectivity index (χ3v) is 9.10. The predicted molar refractivity (Wildman–Crippen MR) is 164 cm³/mol. The van der Waals surface area contributed by atoms with Gasteiger partial charge in [-0.2, -0.15) is 0 Å². The van der Waals surface area contributed by atoms with E-state index in [1.54, 1.807) is 0 Å². The third-order valence-electron chi connectivity index (χ3n) is 8.44. The molecule has 1 aliphatic heterocycles. The van der Waals surface area contributed by atoms with Gasteiger partial charge in [-0.3, -0.25) is 9.69 Å². The van der Waals surface area contributed by atoms with Crippen LogP contribution >= 0.6 is 15.9 Å². The fourth-order valence-electron chi connectivity index (χ4n) is 6.46. The van der Waals surface area contributed by atoms with Crippen LogP contribution in [0.25, 0.3) is 0 Å². The van der Waals surface area contributed by atoms with Crippen molar-refractivity contribution in [2.24, 2.45) is 0 Å². The molecule has 1 saturated heterocycles. The first kappa shape index (κ1) is 28.9. The number of carbonyl (C=O) groups is 1. The molecular weight excluding hydrogens is 564 g/mol. The zero-order valence-electron chi connectivity index (χ0n) is 24.4. The van der Waals surface area contributed by atoms with E-state index in [-0.39, 0.29) is 0 Å². The lowest BCUT2D eigenvalue weighted by Crippen LogP contribution is -2.43. The van der Waals surface area contributed by atoms with Crippen LogP contribution in [-0.4, -0.2) is 51.0 Å². The first-order valence-corrected chi connectivity index (χ1v) is 15.2. The third kappa shape index (κ3) is 6.32. The molecule has 0 unspecified atom stereocenters. The number of nitrogens with one attached hydrogen (secondary N) is 1. The number of aliphatic hydroxyl groups is 1. The van der Waals surface area contributed by atoms with E-state index in [0.29, 0.717) is 30.6 Å². The molecule has 0 bridgehead atoms. The average molecular weight is 606 g/mol. The van der Waals surface area contributed by atoms with Crippen molar-refractivity contribution in [2.75, 3.05) is 25.0 Å². The number of hydrogen-bond acceptors (Lipinski definition) is 6. The number of likely N-dealkylation sites (tertiary alicyclic amines) is 1. The minimum atomic E-state index is -0.675. The SMILES string of the molecule is Cc1cc([C@H]2CCCN(CC(C)(C)O)C2)ccc1Nc1ncc(Br)c(CCc2cccc3c2C(C)(C)C(=O)C3)n1. The van der Waals surface area contributed by atoms with E-state index >= 15 is 0 Å². The Morgan fingerprint density at radius 2 is 2.00 bits per heavy atom. The Kier molecular flexibility index (Phi) is 8.20. The number of aryl methyl sites for hydroxylation is 3. The van der Waals surface area contributed by atoms with Crippen LogP contribution in [0.1, 0.15) is 80.0 Å². The molecule has 3 aromatic rings. The molecule has 1 fully saturated rings. The number of β-amino-alcohol motifs (C(OH)–C–C–N with tert-alkyl or cyclic N) is 1. The number of Topliss-reactive ketones (excluding diaryl/α,β-unsaturated/α-hetero) is 1. The molecule has 0 spiro atoms. The van der Waals surface area contributed by atoms with E-state index in [1.807, 2.05) is 33.9 Å². The number of halogens is 1. The summed E-state index contributed by atoms with van der Waals surface area (Å²) < 4.78 is 0.890. The highest BCUT2D eigenvalue weighted by molar-refractivity contribution is 9.10. The van der Waals surface area contributed by atoms with Crippen LogP contribution in [0, 0.1) is 6.92 Å². The summed E-state index contributed by atoms with van der Waals surface area (Å²) in [6.45, 7) is 12.7. The van der Waals surface area contributed by atoms with Gasteiger partial charge in [0, 0.05) is 36.8 Å². The van der Waals surface area contributed by atoms with Crippen LogP contribution in [0.2, 0.25) is 0 Å². The van der Waals surface area contributed by atoms with Crippen LogP contribution in [-0.2, 0) is 29.5 Å². The van der Waals surface area contributed by atoms with E-state index in [4.69, 9.17) is 4.98 Å². The van der Waals surface area contributed by atoms with Gasteiger partial charge in [0.05, 0.1) is 15.8 Å². The molecule has 2 N–H and O–H groups in total. The van der Waals surface area contributed by atoms with Crippen LogP contribution in [0.3, 0.4) is 0 Å². The van der Waals surface area contributed by atoms with E-state index in [1.165, 1.54) is 23.1 Å². The number of carbonyl (C=O) groups excluding carboxylic acids is 1. The predicted octanol–water partition coefficient (Wildman–Crippen LogP) is 6.43. The molecule has 6 nitrogen and oxygen atoms in total. The summed E-state index contributed by atoms with van der Waals surface area (Å²) in [5, 5.41) is 13.7. The van der Waals surface area contributed by atoms with Crippen molar-refractivity contribution in [3.8, 4) is 0 Å². The van der Waals surface area contributed by atoms with Crippen molar-refractivity contribution < 1.29 is 9.90 Å². The highest BCUT2D eigenvalue weighted by Gasteiger charge is 2.39. The number of benzene rings is 2. The summed E-state index contributed by atoms with van der Waals surface area (Å²) in [6, 6.07) is 12.9. The molecule has 0 amide bonds. The molecule has 7 heteroatoms. The summed E-state index contributed by atoms with van der Waals surface area (Å²) in [6.07, 6.45) is 6.22. The fraction of sp³-hybridized carbons (Fsp3) is 0.485. The van der Waals surface area contributed by atoms with Gasteiger partial charge in [-0.25, -0.2) is 9.97 Å². The Bertz CT molecular complexity index is 1410. The topological polar surface area (TPSA) is 78.4 Å². The van der Waals surface area contributed by atoms with Crippen molar-refractivity contribution in [3.05, 3.63) is 80.6 Å². The number of hydrogen-bond donors (Lipinski definition) is 2. The van der Waals surface area contributed by atoms with Gasteiger partial charge in [-0.1, -0.05) is 30.3 Å². The number of aromatic nitrogens is 2. The van der Waals surface area contributed by atoms with Crippen LogP contribution in [0.5, 0.6) is 0 Å². The Morgan fingerprint density at radius 3 is 2.75 bits per heavy atom. The molecule has 1 aromatic heterocycles. The lowest BCUT2D eigenvalue weighted by Gasteiger charge is -2.36. The summed E-state index contributed by atoms with van der Waals surface area (Å²) in [5.74, 6) is 1.34. The highest BCUT2D eigenvalue weighted by atomic mass is 79.9. The first-order valence-electron chi connectivity index (χ1n) is 14.4. The van der Waals surface area contributed by atoms with Gasteiger partial charge in [0.2, 0.25) is 5.95 Å². The Balaban J connectivity index is 1.28. The van der Waals surface area contributed by atoms with Crippen molar-refractivity contribution >= 4 is 33.3 Å². The van der Waals surface area contributed by atoms with E-state index < -0.39 is 11.0 Å². The number of anilines is 2. The number of piperidine rings is 1. The number of fused-ring (bicyclic) bond motifs is 1. The Morgan fingerprint density at radius 1 is 1.20 bits per heavy atom. The van der Waals surface area contributed by atoms with Crippen molar-refractivity contribution in [2.45, 2.75) is 83.7 Å². The monoisotopic (exact) mass is 604 g/mol. The van der Waals surface area contributed by atoms with Gasteiger partial charge in [-0.15, -0.1) is 0 Å². The van der Waals surface area contributed by atoms with Crippen LogP contribution in [0.4, 0.5) is 11.6 Å². The maximum absolute atomic E-state index is 12.6. The van der Waals surface area contributed by atoms with Gasteiger partial charge in [0.15, 0.2) is 0 Å². The molecule has 1 atom stereocenters. The molecular formula is C33H41BrN4O2. The second-order valence-corrected chi connectivity index (χ2v) is 13.6. The minimum Gasteiger partial charge on any atom is -0.389 e. The van der Waals surface area contributed by atoms with Gasteiger partial charge < -0.3 is 10.4 Å². The fourth-order valence-corrected chi connectivity index (χ4v) is 6.85. The van der Waals surface area contributed by atoms with Gasteiger partial charge >= 0.3 is 0 Å². The first-order chi connectivity index (χ1) is 18.9. The molecule has 0 radical (unpaired) electrons. The second-order valence-electron chi connectivity index (χ2n) is 12.8. The summed E-state index contributed by atoms with van der Waals surface area (Å²) in [7, 11) is 0. The van der Waals surface area contributed by atoms with Crippen LogP contribution < -0.4 is 5.32 Å². The molecule has 0 saturated carbocycles. The van der Waals surface area contributed by atoms with E-state index in [2.05, 4.69) is 74.5 Å². The minimum absolute atomic E-state index is 0.293. The van der Waals surface area contributed by atoms with Crippen LogP contribution in [0.15, 0.2) is 47.1 Å². The van der Waals surface area contributed by atoms with Gasteiger partial charge in [0.1, 0.15) is 5.78 Å². The van der Waals surface area contributed by atoms with Crippen molar-refractivity contribution in [3.63, 3.8) is 0 Å². The molecule has 1 aliphatic carbocycles. The second kappa shape index (κ2) is 11.3. The maximum Gasteiger partial charge on any atom is 0.227 e.